The SMILES string of the molecule is CC1(C)CC(=O)C=C(Nc2ccccc2NC(=O)c2cc(F)ccc2F)C1. The molecule has 0 spiro atoms. The van der Waals surface area contributed by atoms with Crippen LogP contribution in [0.25, 0.3) is 0 Å². The average Bonchev–Trinajstić information content (AvgIpc) is 2.57. The average molecular weight is 370 g/mol. The summed E-state index contributed by atoms with van der Waals surface area (Å²) in [5, 5.41) is 5.77. The molecule has 140 valence electrons. The number of carbonyl (C=O) groups is 2. The van der Waals surface area contributed by atoms with Gasteiger partial charge in [-0.05, 0) is 42.2 Å². The highest BCUT2D eigenvalue weighted by Gasteiger charge is 2.27. The maximum Gasteiger partial charge on any atom is 0.258 e. The van der Waals surface area contributed by atoms with Crippen molar-refractivity contribution in [2.24, 2.45) is 5.41 Å². The molecule has 0 heterocycles. The summed E-state index contributed by atoms with van der Waals surface area (Å²) in [6, 6.07) is 9.60. The smallest absolute Gasteiger partial charge is 0.258 e. The number of benzene rings is 2. The van der Waals surface area contributed by atoms with Gasteiger partial charge in [-0.25, -0.2) is 8.78 Å². The van der Waals surface area contributed by atoms with Crippen LogP contribution in [0.3, 0.4) is 0 Å². The van der Waals surface area contributed by atoms with E-state index in [1.807, 2.05) is 13.8 Å². The van der Waals surface area contributed by atoms with Crippen LogP contribution in [0.1, 0.15) is 37.0 Å². The van der Waals surface area contributed by atoms with Crippen LogP contribution in [0.15, 0.2) is 54.2 Å². The summed E-state index contributed by atoms with van der Waals surface area (Å²) in [6.07, 6.45) is 2.73. The summed E-state index contributed by atoms with van der Waals surface area (Å²) in [6.45, 7) is 4.03. The molecule has 0 saturated carbocycles. The van der Waals surface area contributed by atoms with Crippen molar-refractivity contribution in [1.82, 2.24) is 0 Å². The second-order valence-corrected chi connectivity index (χ2v) is 7.40. The first-order valence-electron chi connectivity index (χ1n) is 8.59. The van der Waals surface area contributed by atoms with Gasteiger partial charge in [0.1, 0.15) is 11.6 Å². The highest BCUT2D eigenvalue weighted by Crippen LogP contribution is 2.35. The largest absolute Gasteiger partial charge is 0.357 e. The number of rotatable bonds is 4. The first-order chi connectivity index (χ1) is 12.7. The Labute approximate surface area is 156 Å². The molecule has 4 nitrogen and oxygen atoms in total. The predicted octanol–water partition coefficient (Wildman–Crippen LogP) is 4.90. The molecule has 0 aromatic heterocycles. The fraction of sp³-hybridized carbons (Fsp3) is 0.238. The van der Waals surface area contributed by atoms with Gasteiger partial charge >= 0.3 is 0 Å². The number of para-hydroxylation sites is 2. The normalized spacial score (nSPS) is 15.9. The summed E-state index contributed by atoms with van der Waals surface area (Å²) >= 11 is 0. The van der Waals surface area contributed by atoms with Crippen LogP contribution in [0.5, 0.6) is 0 Å². The molecule has 0 fully saturated rings. The molecule has 0 unspecified atom stereocenters. The third-order valence-electron chi connectivity index (χ3n) is 4.30. The molecule has 2 N–H and O–H groups in total. The van der Waals surface area contributed by atoms with Crippen molar-refractivity contribution >= 4 is 23.1 Å². The molecule has 6 heteroatoms. The summed E-state index contributed by atoms with van der Waals surface area (Å²) in [7, 11) is 0. The summed E-state index contributed by atoms with van der Waals surface area (Å²) in [5.74, 6) is -2.21. The van der Waals surface area contributed by atoms with E-state index in [2.05, 4.69) is 10.6 Å². The van der Waals surface area contributed by atoms with E-state index in [0.29, 0.717) is 24.2 Å². The molecular formula is C21H20F2N2O2. The lowest BCUT2D eigenvalue weighted by Gasteiger charge is -2.29. The van der Waals surface area contributed by atoms with E-state index in [4.69, 9.17) is 0 Å². The van der Waals surface area contributed by atoms with Gasteiger partial charge in [-0.3, -0.25) is 9.59 Å². The first kappa shape index (κ1) is 18.8. The molecule has 1 amide bonds. The minimum Gasteiger partial charge on any atom is -0.357 e. The zero-order valence-corrected chi connectivity index (χ0v) is 15.1. The molecule has 2 aromatic carbocycles. The van der Waals surface area contributed by atoms with Crippen molar-refractivity contribution in [1.29, 1.82) is 0 Å². The van der Waals surface area contributed by atoms with Crippen LogP contribution >= 0.6 is 0 Å². The summed E-state index contributed by atoms with van der Waals surface area (Å²) < 4.78 is 27.2. The Kier molecular flexibility index (Phi) is 5.08. The van der Waals surface area contributed by atoms with Gasteiger partial charge in [-0.2, -0.15) is 0 Å². The van der Waals surface area contributed by atoms with Gasteiger partial charge in [0.2, 0.25) is 0 Å². The zero-order chi connectivity index (χ0) is 19.6. The molecule has 3 rings (SSSR count). The quantitative estimate of drug-likeness (QED) is 0.805. The highest BCUT2D eigenvalue weighted by molar-refractivity contribution is 6.06. The lowest BCUT2D eigenvalue weighted by molar-refractivity contribution is -0.117. The Morgan fingerprint density at radius 3 is 2.44 bits per heavy atom. The molecule has 0 aliphatic heterocycles. The van der Waals surface area contributed by atoms with E-state index < -0.39 is 17.5 Å². The van der Waals surface area contributed by atoms with E-state index >= 15 is 0 Å². The molecule has 27 heavy (non-hydrogen) atoms. The maximum atomic E-state index is 13.8. The number of ketones is 1. The van der Waals surface area contributed by atoms with Crippen LogP contribution in [-0.2, 0) is 4.79 Å². The standard InChI is InChI=1S/C21H20F2N2O2/c1-21(2)11-14(10-15(26)12-21)24-18-5-3-4-6-19(18)25-20(27)16-9-13(22)7-8-17(16)23/h3-10,24H,11-12H2,1-2H3,(H,25,27). The number of anilines is 2. The monoisotopic (exact) mass is 370 g/mol. The third kappa shape index (κ3) is 4.58. The number of hydrogen-bond acceptors (Lipinski definition) is 3. The van der Waals surface area contributed by atoms with Gasteiger partial charge in [-0.15, -0.1) is 0 Å². The fourth-order valence-electron chi connectivity index (χ4n) is 3.16. The van der Waals surface area contributed by atoms with E-state index in [1.165, 1.54) is 0 Å². The Balaban J connectivity index is 1.83. The van der Waals surface area contributed by atoms with Gasteiger partial charge in [-0.1, -0.05) is 26.0 Å². The van der Waals surface area contributed by atoms with Crippen molar-refractivity contribution in [2.75, 3.05) is 10.6 Å². The van der Waals surface area contributed by atoms with Gasteiger partial charge in [0, 0.05) is 18.2 Å². The van der Waals surface area contributed by atoms with E-state index in [-0.39, 0.29) is 16.8 Å². The molecular weight excluding hydrogens is 350 g/mol. The van der Waals surface area contributed by atoms with Crippen LogP contribution in [0.4, 0.5) is 20.2 Å². The lowest BCUT2D eigenvalue weighted by atomic mass is 9.79. The van der Waals surface area contributed by atoms with Crippen molar-refractivity contribution in [2.45, 2.75) is 26.7 Å². The number of allylic oxidation sites excluding steroid dienone is 2. The van der Waals surface area contributed by atoms with Gasteiger partial charge in [0.15, 0.2) is 5.78 Å². The molecule has 0 saturated heterocycles. The summed E-state index contributed by atoms with van der Waals surface area (Å²) in [4.78, 5) is 24.3. The molecule has 2 aromatic rings. The van der Waals surface area contributed by atoms with Crippen LogP contribution in [0.2, 0.25) is 0 Å². The first-order valence-corrected chi connectivity index (χ1v) is 8.59. The summed E-state index contributed by atoms with van der Waals surface area (Å²) in [5.41, 5.74) is 1.19. The maximum absolute atomic E-state index is 13.8. The number of nitrogens with one attached hydrogen (secondary N) is 2. The Bertz CT molecular complexity index is 936. The molecule has 1 aliphatic rings. The molecule has 0 atom stereocenters. The van der Waals surface area contributed by atoms with Crippen molar-refractivity contribution in [3.8, 4) is 0 Å². The lowest BCUT2D eigenvalue weighted by Crippen LogP contribution is -2.24. The van der Waals surface area contributed by atoms with E-state index in [9.17, 15) is 18.4 Å². The Hall–Kier alpha value is -3.02. The second-order valence-electron chi connectivity index (χ2n) is 7.40. The Morgan fingerprint density at radius 2 is 1.74 bits per heavy atom. The van der Waals surface area contributed by atoms with Gasteiger partial charge in [0.25, 0.3) is 5.91 Å². The van der Waals surface area contributed by atoms with Crippen LogP contribution in [0, 0.1) is 17.0 Å². The van der Waals surface area contributed by atoms with Crippen molar-refractivity contribution in [3.05, 3.63) is 71.4 Å². The zero-order valence-electron chi connectivity index (χ0n) is 15.1. The number of hydrogen-bond donors (Lipinski definition) is 2. The number of carbonyl (C=O) groups excluding carboxylic acids is 2. The molecule has 1 aliphatic carbocycles. The highest BCUT2D eigenvalue weighted by atomic mass is 19.1. The van der Waals surface area contributed by atoms with Crippen molar-refractivity contribution < 1.29 is 18.4 Å². The van der Waals surface area contributed by atoms with Crippen LogP contribution in [-0.4, -0.2) is 11.7 Å². The topological polar surface area (TPSA) is 58.2 Å². The number of amides is 1. The molecule has 0 bridgehead atoms. The predicted molar refractivity (Wildman–Crippen MR) is 100 cm³/mol. The van der Waals surface area contributed by atoms with Crippen molar-refractivity contribution in [3.63, 3.8) is 0 Å². The minimum absolute atomic E-state index is 0.0390. The Morgan fingerprint density at radius 1 is 1.04 bits per heavy atom. The van der Waals surface area contributed by atoms with Crippen LogP contribution < -0.4 is 10.6 Å². The van der Waals surface area contributed by atoms with Gasteiger partial charge in [0.05, 0.1) is 16.9 Å². The van der Waals surface area contributed by atoms with Gasteiger partial charge < -0.3 is 10.6 Å². The minimum atomic E-state index is -0.804. The molecule has 0 radical (unpaired) electrons. The van der Waals surface area contributed by atoms with E-state index in [0.717, 1.165) is 23.9 Å². The second kappa shape index (κ2) is 7.31. The fourth-order valence-corrected chi connectivity index (χ4v) is 3.16. The van der Waals surface area contributed by atoms with E-state index in [1.54, 1.807) is 30.3 Å². The number of halogens is 2. The third-order valence-corrected chi connectivity index (χ3v) is 4.30.